The van der Waals surface area contributed by atoms with Crippen LogP contribution in [0.4, 0.5) is 15.8 Å². The van der Waals surface area contributed by atoms with Crippen LogP contribution in [0.1, 0.15) is 33.1 Å². The number of anilines is 2. The molecule has 0 aromatic heterocycles. The van der Waals surface area contributed by atoms with E-state index in [1.54, 1.807) is 6.07 Å². The van der Waals surface area contributed by atoms with Crippen LogP contribution >= 0.6 is 15.9 Å². The predicted molar refractivity (Wildman–Crippen MR) is 71.1 cm³/mol. The van der Waals surface area contributed by atoms with Crippen LogP contribution in [0.25, 0.3) is 0 Å². The van der Waals surface area contributed by atoms with E-state index in [0.717, 1.165) is 12.1 Å². The molecule has 90 valence electrons. The molecule has 0 aliphatic carbocycles. The van der Waals surface area contributed by atoms with Crippen molar-refractivity contribution >= 4 is 27.3 Å². The van der Waals surface area contributed by atoms with E-state index in [1.165, 1.54) is 18.9 Å². The van der Waals surface area contributed by atoms with Gasteiger partial charge in [0.2, 0.25) is 0 Å². The standard InChI is InChI=1S/C12H18BrFN2/c1-3-4-5-8(2)16-12-6-9(13)10(14)7-11(12)15/h6-8,16H,3-5,15H2,1-2H3. The first-order valence-electron chi connectivity index (χ1n) is 5.55. The average molecular weight is 289 g/mol. The topological polar surface area (TPSA) is 38.0 Å². The molecule has 0 saturated carbocycles. The lowest BCUT2D eigenvalue weighted by Crippen LogP contribution is -2.16. The summed E-state index contributed by atoms with van der Waals surface area (Å²) in [5, 5.41) is 3.29. The lowest BCUT2D eigenvalue weighted by Gasteiger charge is -2.17. The van der Waals surface area contributed by atoms with Gasteiger partial charge in [-0.15, -0.1) is 0 Å². The minimum atomic E-state index is -0.329. The van der Waals surface area contributed by atoms with E-state index in [9.17, 15) is 4.39 Å². The highest BCUT2D eigenvalue weighted by Gasteiger charge is 2.08. The van der Waals surface area contributed by atoms with Crippen molar-refractivity contribution in [1.82, 2.24) is 0 Å². The van der Waals surface area contributed by atoms with Crippen LogP contribution in [0.2, 0.25) is 0 Å². The smallest absolute Gasteiger partial charge is 0.139 e. The molecule has 1 aromatic rings. The Morgan fingerprint density at radius 3 is 2.81 bits per heavy atom. The molecule has 1 atom stereocenters. The van der Waals surface area contributed by atoms with Gasteiger partial charge in [0.1, 0.15) is 5.82 Å². The molecule has 0 aliphatic heterocycles. The van der Waals surface area contributed by atoms with Crippen molar-refractivity contribution in [2.45, 2.75) is 39.2 Å². The summed E-state index contributed by atoms with van der Waals surface area (Å²) in [6.07, 6.45) is 3.44. The molecule has 0 bridgehead atoms. The molecule has 0 spiro atoms. The van der Waals surface area contributed by atoms with Gasteiger partial charge in [-0.3, -0.25) is 0 Å². The van der Waals surface area contributed by atoms with Gasteiger partial charge in [-0.05, 0) is 35.3 Å². The minimum Gasteiger partial charge on any atom is -0.397 e. The van der Waals surface area contributed by atoms with Gasteiger partial charge in [0, 0.05) is 12.1 Å². The molecule has 0 heterocycles. The van der Waals surface area contributed by atoms with Crippen molar-refractivity contribution in [3.63, 3.8) is 0 Å². The van der Waals surface area contributed by atoms with Gasteiger partial charge in [0.15, 0.2) is 0 Å². The Kier molecular flexibility index (Phi) is 5.06. The Morgan fingerprint density at radius 1 is 1.50 bits per heavy atom. The molecule has 1 unspecified atom stereocenters. The summed E-state index contributed by atoms with van der Waals surface area (Å²) in [5.74, 6) is -0.329. The maximum absolute atomic E-state index is 13.1. The molecule has 0 fully saturated rings. The van der Waals surface area contributed by atoms with E-state index < -0.39 is 0 Å². The van der Waals surface area contributed by atoms with Gasteiger partial charge >= 0.3 is 0 Å². The number of benzene rings is 1. The number of nitrogen functional groups attached to an aromatic ring is 1. The second-order valence-corrected chi connectivity index (χ2v) is 4.90. The molecule has 1 aromatic carbocycles. The highest BCUT2D eigenvalue weighted by molar-refractivity contribution is 9.10. The van der Waals surface area contributed by atoms with Crippen LogP contribution in [0, 0.1) is 5.82 Å². The van der Waals surface area contributed by atoms with Crippen molar-refractivity contribution < 1.29 is 4.39 Å². The fourth-order valence-electron chi connectivity index (χ4n) is 1.54. The zero-order valence-electron chi connectivity index (χ0n) is 9.69. The quantitative estimate of drug-likeness (QED) is 0.799. The first-order valence-corrected chi connectivity index (χ1v) is 6.35. The van der Waals surface area contributed by atoms with Crippen molar-refractivity contribution in [2.75, 3.05) is 11.1 Å². The van der Waals surface area contributed by atoms with Crippen LogP contribution in [-0.4, -0.2) is 6.04 Å². The molecule has 2 nitrogen and oxygen atoms in total. The molecule has 1 rings (SSSR count). The van der Waals surface area contributed by atoms with E-state index in [2.05, 4.69) is 35.1 Å². The fourth-order valence-corrected chi connectivity index (χ4v) is 1.88. The first-order chi connectivity index (χ1) is 7.54. The molecular formula is C12H18BrFN2. The fraction of sp³-hybridized carbons (Fsp3) is 0.500. The van der Waals surface area contributed by atoms with E-state index in [1.807, 2.05) is 0 Å². The van der Waals surface area contributed by atoms with Gasteiger partial charge in [-0.2, -0.15) is 0 Å². The van der Waals surface area contributed by atoms with E-state index in [4.69, 9.17) is 5.73 Å². The van der Waals surface area contributed by atoms with Gasteiger partial charge in [0.05, 0.1) is 15.8 Å². The summed E-state index contributed by atoms with van der Waals surface area (Å²) in [6.45, 7) is 4.27. The number of halogens is 2. The lowest BCUT2D eigenvalue weighted by molar-refractivity contribution is 0.620. The van der Waals surface area contributed by atoms with Crippen molar-refractivity contribution in [2.24, 2.45) is 0 Å². The predicted octanol–water partition coefficient (Wildman–Crippen LogP) is 4.16. The summed E-state index contributed by atoms with van der Waals surface area (Å²) in [5.41, 5.74) is 6.98. The Hall–Kier alpha value is -0.770. The summed E-state index contributed by atoms with van der Waals surface area (Å²) in [4.78, 5) is 0. The number of nitrogens with one attached hydrogen (secondary N) is 1. The molecule has 4 heteroatoms. The van der Waals surface area contributed by atoms with Crippen molar-refractivity contribution in [3.05, 3.63) is 22.4 Å². The van der Waals surface area contributed by atoms with Crippen LogP contribution < -0.4 is 11.1 Å². The largest absolute Gasteiger partial charge is 0.397 e. The maximum Gasteiger partial charge on any atom is 0.139 e. The first kappa shape index (κ1) is 13.3. The number of rotatable bonds is 5. The van der Waals surface area contributed by atoms with Crippen molar-refractivity contribution in [1.29, 1.82) is 0 Å². The molecule has 3 N–H and O–H groups in total. The average Bonchev–Trinajstić information content (AvgIpc) is 2.23. The second-order valence-electron chi connectivity index (χ2n) is 4.04. The molecule has 0 saturated heterocycles. The van der Waals surface area contributed by atoms with Crippen LogP contribution in [0.3, 0.4) is 0 Å². The monoisotopic (exact) mass is 288 g/mol. The van der Waals surface area contributed by atoms with Gasteiger partial charge in [0.25, 0.3) is 0 Å². The van der Waals surface area contributed by atoms with E-state index in [0.29, 0.717) is 16.2 Å². The third kappa shape index (κ3) is 3.67. The highest BCUT2D eigenvalue weighted by atomic mass is 79.9. The zero-order chi connectivity index (χ0) is 12.1. The maximum atomic E-state index is 13.1. The normalized spacial score (nSPS) is 12.5. The molecule has 0 amide bonds. The zero-order valence-corrected chi connectivity index (χ0v) is 11.3. The van der Waals surface area contributed by atoms with Crippen LogP contribution in [-0.2, 0) is 0 Å². The third-order valence-corrected chi connectivity index (χ3v) is 3.09. The van der Waals surface area contributed by atoms with Crippen LogP contribution in [0.5, 0.6) is 0 Å². The lowest BCUT2D eigenvalue weighted by atomic mass is 10.1. The Balaban J connectivity index is 2.69. The van der Waals surface area contributed by atoms with E-state index >= 15 is 0 Å². The molecule has 16 heavy (non-hydrogen) atoms. The highest BCUT2D eigenvalue weighted by Crippen LogP contribution is 2.27. The number of unbranched alkanes of at least 4 members (excludes halogenated alkanes) is 1. The molecular weight excluding hydrogens is 271 g/mol. The van der Waals surface area contributed by atoms with Crippen molar-refractivity contribution in [3.8, 4) is 0 Å². The molecule has 0 radical (unpaired) electrons. The van der Waals surface area contributed by atoms with Crippen LogP contribution in [0.15, 0.2) is 16.6 Å². The number of hydrogen-bond acceptors (Lipinski definition) is 2. The molecule has 0 aliphatic rings. The number of nitrogens with two attached hydrogens (primary N) is 1. The van der Waals surface area contributed by atoms with Gasteiger partial charge < -0.3 is 11.1 Å². The summed E-state index contributed by atoms with van der Waals surface area (Å²) < 4.78 is 13.6. The van der Waals surface area contributed by atoms with Gasteiger partial charge in [-0.25, -0.2) is 4.39 Å². The van der Waals surface area contributed by atoms with E-state index in [-0.39, 0.29) is 5.82 Å². The summed E-state index contributed by atoms with van der Waals surface area (Å²) in [7, 11) is 0. The Morgan fingerprint density at radius 2 is 2.19 bits per heavy atom. The summed E-state index contributed by atoms with van der Waals surface area (Å²) in [6, 6.07) is 3.37. The number of hydrogen-bond donors (Lipinski definition) is 2. The summed E-state index contributed by atoms with van der Waals surface area (Å²) >= 11 is 3.15. The Labute approximate surface area is 105 Å². The second kappa shape index (κ2) is 6.09. The minimum absolute atomic E-state index is 0.329. The van der Waals surface area contributed by atoms with Gasteiger partial charge in [-0.1, -0.05) is 19.8 Å². The SMILES string of the molecule is CCCCC(C)Nc1cc(Br)c(F)cc1N. The third-order valence-electron chi connectivity index (χ3n) is 2.49. The Bertz CT molecular complexity index is 355.